The Kier molecular flexibility index (Phi) is 7.03. The first-order chi connectivity index (χ1) is 17.2. The summed E-state index contributed by atoms with van der Waals surface area (Å²) in [5.74, 6) is 0.644. The van der Waals surface area contributed by atoms with E-state index < -0.39 is 15.8 Å². The minimum absolute atomic E-state index is 0.0517. The van der Waals surface area contributed by atoms with Gasteiger partial charge >= 0.3 is 0 Å². The number of aromatic nitrogens is 1. The van der Waals surface area contributed by atoms with Gasteiger partial charge in [-0.3, -0.25) is 9.71 Å². The Labute approximate surface area is 209 Å². The van der Waals surface area contributed by atoms with E-state index >= 15 is 4.39 Å². The van der Waals surface area contributed by atoms with Crippen molar-refractivity contribution in [3.05, 3.63) is 82.8 Å². The topological polar surface area (TPSA) is 86.8 Å². The number of benzene rings is 3. The lowest BCUT2D eigenvalue weighted by molar-refractivity contribution is 0.356. The van der Waals surface area contributed by atoms with Gasteiger partial charge in [0.25, 0.3) is 10.0 Å². The van der Waals surface area contributed by atoms with Gasteiger partial charge in [-0.1, -0.05) is 6.07 Å². The number of hydrogen-bond acceptors (Lipinski definition) is 6. The Morgan fingerprint density at radius 1 is 0.861 bits per heavy atom. The van der Waals surface area contributed by atoms with Crippen molar-refractivity contribution in [1.82, 2.24) is 4.98 Å². The van der Waals surface area contributed by atoms with E-state index in [1.807, 2.05) is 19.1 Å². The van der Waals surface area contributed by atoms with Crippen molar-refractivity contribution in [3.8, 4) is 17.2 Å². The van der Waals surface area contributed by atoms with E-state index in [-0.39, 0.29) is 16.3 Å². The van der Waals surface area contributed by atoms with Gasteiger partial charge in [0.1, 0.15) is 16.5 Å². The number of halogens is 1. The molecule has 0 radical (unpaired) electrons. The summed E-state index contributed by atoms with van der Waals surface area (Å²) in [7, 11) is 0.430. The number of sulfonamides is 1. The molecule has 0 aliphatic carbocycles. The van der Waals surface area contributed by atoms with Gasteiger partial charge in [0.15, 0.2) is 11.5 Å². The first-order valence-electron chi connectivity index (χ1n) is 11.1. The molecule has 0 saturated heterocycles. The first kappa shape index (κ1) is 25.2. The zero-order valence-corrected chi connectivity index (χ0v) is 21.5. The maximum Gasteiger partial charge on any atom is 0.265 e. The van der Waals surface area contributed by atoms with E-state index in [9.17, 15) is 8.42 Å². The van der Waals surface area contributed by atoms with Crippen LogP contribution in [0.5, 0.6) is 17.2 Å². The van der Waals surface area contributed by atoms with Gasteiger partial charge in [0.2, 0.25) is 0 Å². The van der Waals surface area contributed by atoms with Crippen molar-refractivity contribution in [2.45, 2.75) is 25.2 Å². The standard InChI is InChI=1S/C27H27FN2O5S/c1-16-10-26(35-5)27(11-17(16)2)36(31,32)30-22-7-6-18(13-21(22)28)12-19-8-9-29-23-15-25(34-4)24(33-3)14-20(19)23/h6-11,13-15,30H,12H2,1-5H3. The molecule has 4 rings (SSSR count). The van der Waals surface area contributed by atoms with Crippen LogP contribution in [0.1, 0.15) is 22.3 Å². The smallest absolute Gasteiger partial charge is 0.265 e. The number of hydrogen-bond donors (Lipinski definition) is 1. The molecule has 0 fully saturated rings. The Balaban J connectivity index is 1.64. The van der Waals surface area contributed by atoms with E-state index in [2.05, 4.69) is 9.71 Å². The summed E-state index contributed by atoms with van der Waals surface area (Å²) in [5.41, 5.74) is 3.82. The van der Waals surface area contributed by atoms with Crippen LogP contribution in [0.25, 0.3) is 10.9 Å². The lowest BCUT2D eigenvalue weighted by atomic mass is 10.0. The Morgan fingerprint density at radius 2 is 1.53 bits per heavy atom. The van der Waals surface area contributed by atoms with Crippen LogP contribution in [-0.2, 0) is 16.4 Å². The van der Waals surface area contributed by atoms with Crippen LogP contribution in [0.2, 0.25) is 0 Å². The second-order valence-corrected chi connectivity index (χ2v) is 10.0. The van der Waals surface area contributed by atoms with Gasteiger partial charge in [-0.05, 0) is 78.9 Å². The Hall–Kier alpha value is -3.85. The SMILES string of the molecule is COc1cc2nccc(Cc3ccc(NS(=O)(=O)c4cc(C)c(C)cc4OC)c(F)c3)c2cc1OC. The average molecular weight is 511 g/mol. The number of anilines is 1. The molecular weight excluding hydrogens is 483 g/mol. The quantitative estimate of drug-likeness (QED) is 0.341. The Morgan fingerprint density at radius 3 is 2.19 bits per heavy atom. The van der Waals surface area contributed by atoms with Crippen molar-refractivity contribution in [2.75, 3.05) is 26.1 Å². The fourth-order valence-electron chi connectivity index (χ4n) is 3.99. The van der Waals surface area contributed by atoms with Crippen molar-refractivity contribution >= 4 is 26.6 Å². The molecule has 0 aliphatic rings. The molecule has 0 spiro atoms. The first-order valence-corrected chi connectivity index (χ1v) is 12.6. The summed E-state index contributed by atoms with van der Waals surface area (Å²) in [4.78, 5) is 4.35. The van der Waals surface area contributed by atoms with Crippen LogP contribution < -0.4 is 18.9 Å². The molecule has 4 aromatic rings. The zero-order chi connectivity index (χ0) is 26.0. The molecule has 3 aromatic carbocycles. The molecule has 188 valence electrons. The van der Waals surface area contributed by atoms with Gasteiger partial charge in [0, 0.05) is 17.6 Å². The van der Waals surface area contributed by atoms with Crippen molar-refractivity contribution in [1.29, 1.82) is 0 Å². The van der Waals surface area contributed by atoms with Crippen LogP contribution >= 0.6 is 0 Å². The average Bonchev–Trinajstić information content (AvgIpc) is 2.86. The van der Waals surface area contributed by atoms with Crippen LogP contribution in [0.4, 0.5) is 10.1 Å². The maximum atomic E-state index is 15.0. The molecule has 0 amide bonds. The molecule has 1 aromatic heterocycles. The van der Waals surface area contributed by atoms with Crippen molar-refractivity contribution in [2.24, 2.45) is 0 Å². The van der Waals surface area contributed by atoms with Crippen molar-refractivity contribution in [3.63, 3.8) is 0 Å². The second-order valence-electron chi connectivity index (χ2n) is 8.38. The summed E-state index contributed by atoms with van der Waals surface area (Å²) < 4.78 is 59.5. The molecule has 0 atom stereocenters. The number of ether oxygens (including phenoxy) is 3. The van der Waals surface area contributed by atoms with E-state index in [1.54, 1.807) is 45.5 Å². The second kappa shape index (κ2) is 10.0. The minimum Gasteiger partial charge on any atom is -0.495 e. The van der Waals surface area contributed by atoms with E-state index in [0.717, 1.165) is 27.6 Å². The highest BCUT2D eigenvalue weighted by atomic mass is 32.2. The molecule has 0 bridgehead atoms. The summed E-state index contributed by atoms with van der Waals surface area (Å²) in [5, 5.41) is 0.849. The largest absolute Gasteiger partial charge is 0.495 e. The zero-order valence-electron chi connectivity index (χ0n) is 20.7. The van der Waals surface area contributed by atoms with E-state index in [1.165, 1.54) is 25.3 Å². The molecule has 9 heteroatoms. The molecule has 36 heavy (non-hydrogen) atoms. The highest BCUT2D eigenvalue weighted by Crippen LogP contribution is 2.34. The van der Waals surface area contributed by atoms with Crippen molar-refractivity contribution < 1.29 is 27.0 Å². The fourth-order valence-corrected chi connectivity index (χ4v) is 5.29. The third-order valence-corrected chi connectivity index (χ3v) is 7.47. The highest BCUT2D eigenvalue weighted by molar-refractivity contribution is 7.92. The molecular formula is C27H27FN2O5S. The van der Waals surface area contributed by atoms with Gasteiger partial charge < -0.3 is 14.2 Å². The molecule has 0 unspecified atom stereocenters. The highest BCUT2D eigenvalue weighted by Gasteiger charge is 2.22. The molecule has 1 N–H and O–H groups in total. The number of rotatable bonds is 8. The fraction of sp³-hybridized carbons (Fsp3) is 0.222. The number of fused-ring (bicyclic) bond motifs is 1. The van der Waals surface area contributed by atoms with Gasteiger partial charge in [-0.2, -0.15) is 0 Å². The number of nitrogens with zero attached hydrogens (tertiary/aromatic N) is 1. The normalized spacial score (nSPS) is 11.4. The maximum absolute atomic E-state index is 15.0. The van der Waals surface area contributed by atoms with E-state index in [4.69, 9.17) is 14.2 Å². The van der Waals surface area contributed by atoms with Crippen LogP contribution in [-0.4, -0.2) is 34.7 Å². The monoisotopic (exact) mass is 510 g/mol. The predicted molar refractivity (Wildman–Crippen MR) is 137 cm³/mol. The van der Waals surface area contributed by atoms with Crippen LogP contribution in [0.3, 0.4) is 0 Å². The molecule has 0 saturated carbocycles. The lowest BCUT2D eigenvalue weighted by Gasteiger charge is -2.15. The van der Waals surface area contributed by atoms with Gasteiger partial charge in [0.05, 0.1) is 32.5 Å². The van der Waals surface area contributed by atoms with Gasteiger partial charge in [-0.25, -0.2) is 12.8 Å². The molecule has 1 heterocycles. The number of methoxy groups -OCH3 is 3. The number of pyridine rings is 1. The van der Waals surface area contributed by atoms with Crippen LogP contribution in [0.15, 0.2) is 59.6 Å². The molecule has 7 nitrogen and oxygen atoms in total. The van der Waals surface area contributed by atoms with E-state index in [0.29, 0.717) is 23.5 Å². The molecule has 0 aliphatic heterocycles. The number of aryl methyl sites for hydroxylation is 2. The van der Waals surface area contributed by atoms with Crippen LogP contribution in [0, 0.1) is 19.7 Å². The summed E-state index contributed by atoms with van der Waals surface area (Å²) in [6, 6.07) is 13.1. The number of nitrogens with one attached hydrogen (secondary N) is 1. The predicted octanol–water partition coefficient (Wildman–Crippen LogP) is 5.41. The summed E-state index contributed by atoms with van der Waals surface area (Å²) >= 11 is 0. The van der Waals surface area contributed by atoms with Gasteiger partial charge in [-0.15, -0.1) is 0 Å². The third kappa shape index (κ3) is 4.92. The lowest BCUT2D eigenvalue weighted by Crippen LogP contribution is -2.15. The summed E-state index contributed by atoms with van der Waals surface area (Å²) in [6.07, 6.45) is 2.09. The third-order valence-electron chi connectivity index (χ3n) is 6.08. The Bertz CT molecular complexity index is 1550. The minimum atomic E-state index is -4.08. The summed E-state index contributed by atoms with van der Waals surface area (Å²) in [6.45, 7) is 3.66.